The van der Waals surface area contributed by atoms with Crippen LogP contribution in [0.5, 0.6) is 5.75 Å². The van der Waals surface area contributed by atoms with Crippen molar-refractivity contribution >= 4 is 17.6 Å². The molecule has 5 nitrogen and oxygen atoms in total. The van der Waals surface area contributed by atoms with Gasteiger partial charge in [-0.15, -0.1) is 0 Å². The number of carbonyl (C=O) groups excluding carboxylic acids is 1. The van der Waals surface area contributed by atoms with Gasteiger partial charge < -0.3 is 15.2 Å². The standard InChI is InChI=1S/C14H19NO4/c1-4-9(2)7-13(16)15-10-5-6-11(14(17)18)12(8-10)19-3/h5-6,8-9H,4,7H2,1-3H3,(H,15,16)(H,17,18). The van der Waals surface area contributed by atoms with Gasteiger partial charge in [-0.1, -0.05) is 20.3 Å². The molecule has 1 atom stereocenters. The van der Waals surface area contributed by atoms with E-state index in [1.807, 2.05) is 13.8 Å². The summed E-state index contributed by atoms with van der Waals surface area (Å²) < 4.78 is 5.00. The van der Waals surface area contributed by atoms with Gasteiger partial charge in [0.05, 0.1) is 7.11 Å². The first-order valence-corrected chi connectivity index (χ1v) is 6.19. The molecule has 0 bridgehead atoms. The minimum Gasteiger partial charge on any atom is -0.496 e. The Labute approximate surface area is 112 Å². The van der Waals surface area contributed by atoms with Crippen LogP contribution in [0.3, 0.4) is 0 Å². The molecule has 0 spiro atoms. The van der Waals surface area contributed by atoms with Crippen LogP contribution < -0.4 is 10.1 Å². The first kappa shape index (κ1) is 15.0. The lowest BCUT2D eigenvalue weighted by Crippen LogP contribution is -2.15. The molecule has 1 rings (SSSR count). The Morgan fingerprint density at radius 2 is 2.11 bits per heavy atom. The number of carboxylic acids is 1. The molecule has 0 aromatic heterocycles. The molecule has 0 heterocycles. The van der Waals surface area contributed by atoms with Gasteiger partial charge in [0.15, 0.2) is 0 Å². The molecule has 1 unspecified atom stereocenters. The van der Waals surface area contributed by atoms with Gasteiger partial charge in [0, 0.05) is 18.2 Å². The van der Waals surface area contributed by atoms with E-state index in [0.717, 1.165) is 6.42 Å². The summed E-state index contributed by atoms with van der Waals surface area (Å²) in [5.74, 6) is -0.595. The smallest absolute Gasteiger partial charge is 0.339 e. The van der Waals surface area contributed by atoms with Crippen LogP contribution in [0.4, 0.5) is 5.69 Å². The molecule has 0 radical (unpaired) electrons. The zero-order chi connectivity index (χ0) is 14.4. The van der Waals surface area contributed by atoms with Crippen molar-refractivity contribution in [1.29, 1.82) is 0 Å². The van der Waals surface area contributed by atoms with Gasteiger partial charge in [-0.05, 0) is 18.1 Å². The highest BCUT2D eigenvalue weighted by molar-refractivity contribution is 5.94. The molecule has 1 aromatic rings. The molecule has 104 valence electrons. The number of amides is 1. The second-order valence-corrected chi connectivity index (χ2v) is 4.49. The summed E-state index contributed by atoms with van der Waals surface area (Å²) in [6.07, 6.45) is 1.38. The van der Waals surface area contributed by atoms with Gasteiger partial charge in [0.2, 0.25) is 5.91 Å². The van der Waals surface area contributed by atoms with Crippen molar-refractivity contribution in [3.05, 3.63) is 23.8 Å². The van der Waals surface area contributed by atoms with Crippen LogP contribution in [0.2, 0.25) is 0 Å². The van der Waals surface area contributed by atoms with E-state index in [9.17, 15) is 9.59 Å². The number of nitrogens with one attached hydrogen (secondary N) is 1. The number of carboxylic acid groups (broad SMARTS) is 1. The predicted octanol–water partition coefficient (Wildman–Crippen LogP) is 2.77. The number of rotatable bonds is 6. The Bertz CT molecular complexity index is 471. The molecule has 19 heavy (non-hydrogen) atoms. The summed E-state index contributed by atoms with van der Waals surface area (Å²) in [5.41, 5.74) is 0.609. The van der Waals surface area contributed by atoms with Crippen LogP contribution in [0, 0.1) is 5.92 Å². The number of hydrogen-bond donors (Lipinski definition) is 2. The number of hydrogen-bond acceptors (Lipinski definition) is 3. The SMILES string of the molecule is CCC(C)CC(=O)Nc1ccc(C(=O)O)c(OC)c1. The second kappa shape index (κ2) is 6.78. The van der Waals surface area contributed by atoms with Crippen molar-refractivity contribution in [3.8, 4) is 5.75 Å². The molecule has 2 N–H and O–H groups in total. The molecule has 0 aliphatic heterocycles. The van der Waals surface area contributed by atoms with Crippen LogP contribution in [0.1, 0.15) is 37.0 Å². The lowest BCUT2D eigenvalue weighted by Gasteiger charge is -2.11. The summed E-state index contributed by atoms with van der Waals surface area (Å²) in [6.45, 7) is 4.04. The third-order valence-electron chi connectivity index (χ3n) is 2.95. The highest BCUT2D eigenvalue weighted by Crippen LogP contribution is 2.23. The molecule has 0 aliphatic carbocycles. The van der Waals surface area contributed by atoms with Gasteiger partial charge >= 0.3 is 5.97 Å². The van der Waals surface area contributed by atoms with Gasteiger partial charge in [-0.2, -0.15) is 0 Å². The van der Waals surface area contributed by atoms with Gasteiger partial charge in [0.1, 0.15) is 11.3 Å². The quantitative estimate of drug-likeness (QED) is 0.829. The minimum atomic E-state index is -1.06. The molecule has 0 fully saturated rings. The zero-order valence-electron chi connectivity index (χ0n) is 11.4. The lowest BCUT2D eigenvalue weighted by molar-refractivity contribution is -0.117. The summed E-state index contributed by atoms with van der Waals surface area (Å²) in [4.78, 5) is 22.7. The molecular formula is C14H19NO4. The summed E-state index contributed by atoms with van der Waals surface area (Å²) in [5, 5.41) is 11.7. The van der Waals surface area contributed by atoms with Crippen molar-refractivity contribution in [1.82, 2.24) is 0 Å². The largest absolute Gasteiger partial charge is 0.496 e. The average Bonchev–Trinajstić information content (AvgIpc) is 2.37. The van der Waals surface area contributed by atoms with Gasteiger partial charge in [-0.25, -0.2) is 4.79 Å². The van der Waals surface area contributed by atoms with Crippen LogP contribution in [-0.2, 0) is 4.79 Å². The molecular weight excluding hydrogens is 246 g/mol. The minimum absolute atomic E-state index is 0.0717. The number of benzene rings is 1. The van der Waals surface area contributed by atoms with E-state index < -0.39 is 5.97 Å². The maximum atomic E-state index is 11.7. The van der Waals surface area contributed by atoms with Crippen molar-refractivity contribution in [2.24, 2.45) is 5.92 Å². The Morgan fingerprint density at radius 1 is 1.42 bits per heavy atom. The van der Waals surface area contributed by atoms with Crippen molar-refractivity contribution in [2.75, 3.05) is 12.4 Å². The first-order valence-electron chi connectivity index (χ1n) is 6.19. The normalized spacial score (nSPS) is 11.7. The molecule has 1 amide bonds. The van der Waals surface area contributed by atoms with E-state index in [1.165, 1.54) is 19.2 Å². The van der Waals surface area contributed by atoms with Crippen LogP contribution in [-0.4, -0.2) is 24.1 Å². The third-order valence-corrected chi connectivity index (χ3v) is 2.95. The van der Waals surface area contributed by atoms with E-state index in [-0.39, 0.29) is 17.2 Å². The summed E-state index contributed by atoms with van der Waals surface area (Å²) in [7, 11) is 1.40. The Kier molecular flexibility index (Phi) is 5.36. The van der Waals surface area contributed by atoms with E-state index >= 15 is 0 Å². The summed E-state index contributed by atoms with van der Waals surface area (Å²) in [6, 6.07) is 4.48. The number of ether oxygens (including phenoxy) is 1. The number of carbonyl (C=O) groups is 2. The zero-order valence-corrected chi connectivity index (χ0v) is 11.4. The number of methoxy groups -OCH3 is 1. The fraction of sp³-hybridized carbons (Fsp3) is 0.429. The molecule has 1 aromatic carbocycles. The Morgan fingerprint density at radius 3 is 2.63 bits per heavy atom. The van der Waals surface area contributed by atoms with Crippen molar-refractivity contribution in [3.63, 3.8) is 0 Å². The van der Waals surface area contributed by atoms with E-state index in [4.69, 9.17) is 9.84 Å². The fourth-order valence-corrected chi connectivity index (χ4v) is 1.62. The number of anilines is 1. The molecule has 5 heteroatoms. The average molecular weight is 265 g/mol. The van der Waals surface area contributed by atoms with Crippen molar-refractivity contribution in [2.45, 2.75) is 26.7 Å². The maximum absolute atomic E-state index is 11.7. The highest BCUT2D eigenvalue weighted by Gasteiger charge is 2.13. The van der Waals surface area contributed by atoms with Gasteiger partial charge in [0.25, 0.3) is 0 Å². The van der Waals surface area contributed by atoms with Crippen LogP contribution in [0.25, 0.3) is 0 Å². The van der Waals surface area contributed by atoms with Crippen LogP contribution >= 0.6 is 0 Å². The highest BCUT2D eigenvalue weighted by atomic mass is 16.5. The maximum Gasteiger partial charge on any atom is 0.339 e. The van der Waals surface area contributed by atoms with E-state index in [0.29, 0.717) is 18.0 Å². The predicted molar refractivity (Wildman–Crippen MR) is 72.7 cm³/mol. The Hall–Kier alpha value is -2.04. The summed E-state index contributed by atoms with van der Waals surface area (Å²) >= 11 is 0. The first-order chi connectivity index (χ1) is 8.97. The third kappa shape index (κ3) is 4.28. The molecule has 0 saturated heterocycles. The Balaban J connectivity index is 2.80. The van der Waals surface area contributed by atoms with E-state index in [2.05, 4.69) is 5.32 Å². The molecule has 0 aliphatic rings. The molecule has 0 saturated carbocycles. The monoisotopic (exact) mass is 265 g/mol. The van der Waals surface area contributed by atoms with E-state index in [1.54, 1.807) is 6.07 Å². The van der Waals surface area contributed by atoms with Crippen LogP contribution in [0.15, 0.2) is 18.2 Å². The van der Waals surface area contributed by atoms with Crippen molar-refractivity contribution < 1.29 is 19.4 Å². The topological polar surface area (TPSA) is 75.6 Å². The lowest BCUT2D eigenvalue weighted by atomic mass is 10.0. The van der Waals surface area contributed by atoms with Gasteiger partial charge in [-0.3, -0.25) is 4.79 Å². The second-order valence-electron chi connectivity index (χ2n) is 4.49. The fourth-order valence-electron chi connectivity index (χ4n) is 1.62. The number of aromatic carboxylic acids is 1.